The molecule has 2 aliphatic rings. The Kier molecular flexibility index (Phi) is 10.6. The number of pyridine rings is 1. The minimum Gasteiger partial charge on any atom is -0.375 e. The van der Waals surface area contributed by atoms with Crippen LogP contribution in [0.5, 0.6) is 0 Å². The fourth-order valence-corrected chi connectivity index (χ4v) is 5.85. The zero-order chi connectivity index (χ0) is 32.7. The van der Waals surface area contributed by atoms with Crippen LogP contribution < -0.4 is 20.9 Å². The lowest BCUT2D eigenvalue weighted by atomic mass is 9.96. The molecule has 244 valence electrons. The number of carbonyl (C=O) groups is 3. The molecule has 0 bridgehead atoms. The van der Waals surface area contributed by atoms with E-state index in [1.165, 1.54) is 6.08 Å². The molecule has 46 heavy (non-hydrogen) atoms. The van der Waals surface area contributed by atoms with Gasteiger partial charge in [0, 0.05) is 82.1 Å². The summed E-state index contributed by atoms with van der Waals surface area (Å²) in [5.41, 5.74) is 4.01. The van der Waals surface area contributed by atoms with Crippen LogP contribution >= 0.6 is 0 Å². The lowest BCUT2D eigenvalue weighted by molar-refractivity contribution is -0.130. The van der Waals surface area contributed by atoms with Crippen LogP contribution in [0.4, 0.5) is 14.5 Å². The van der Waals surface area contributed by atoms with Crippen molar-refractivity contribution < 1.29 is 23.2 Å². The molecule has 12 heteroatoms. The summed E-state index contributed by atoms with van der Waals surface area (Å²) in [5, 5.41) is 9.42. The number of nitrogens with zero attached hydrogens (tertiary/aromatic N) is 4. The van der Waals surface area contributed by atoms with Gasteiger partial charge in [0.2, 0.25) is 11.8 Å². The third kappa shape index (κ3) is 8.24. The Labute approximate surface area is 267 Å². The number of hydrogen-bond donors (Lipinski definition) is 3. The topological polar surface area (TPSA) is 110 Å². The zero-order valence-electron chi connectivity index (χ0n) is 26.2. The minimum atomic E-state index is -2.91. The van der Waals surface area contributed by atoms with Gasteiger partial charge in [-0.15, -0.1) is 0 Å². The van der Waals surface area contributed by atoms with Crippen molar-refractivity contribution in [2.75, 3.05) is 70.9 Å². The molecule has 0 atom stereocenters. The summed E-state index contributed by atoms with van der Waals surface area (Å²) in [6.07, 6.45) is 3.44. The van der Waals surface area contributed by atoms with Crippen molar-refractivity contribution in [3.05, 3.63) is 72.4 Å². The fraction of sp³-hybridized carbons (Fsp3) is 0.412. The summed E-state index contributed by atoms with van der Waals surface area (Å²) in [5.74, 6) is -4.25. The monoisotopic (exact) mass is 633 g/mol. The number of benzene rings is 2. The van der Waals surface area contributed by atoms with Crippen LogP contribution in [0.1, 0.15) is 28.8 Å². The van der Waals surface area contributed by atoms with Gasteiger partial charge >= 0.3 is 0 Å². The van der Waals surface area contributed by atoms with Crippen LogP contribution in [-0.4, -0.2) is 104 Å². The first-order valence-electron chi connectivity index (χ1n) is 15.6. The summed E-state index contributed by atoms with van der Waals surface area (Å²) in [6.45, 7) is 8.61. The Bertz CT molecular complexity index is 1570. The number of alkyl halides is 2. The largest absolute Gasteiger partial charge is 0.375 e. The van der Waals surface area contributed by atoms with Crippen molar-refractivity contribution in [1.82, 2.24) is 30.7 Å². The molecule has 0 aliphatic carbocycles. The lowest BCUT2D eigenvalue weighted by Gasteiger charge is -2.28. The molecule has 2 aromatic carbocycles. The van der Waals surface area contributed by atoms with E-state index in [4.69, 9.17) is 0 Å². The van der Waals surface area contributed by atoms with Crippen molar-refractivity contribution in [3.63, 3.8) is 0 Å². The molecule has 10 nitrogen and oxygen atoms in total. The Hall–Kier alpha value is -4.42. The number of halogens is 2. The van der Waals surface area contributed by atoms with E-state index in [1.807, 2.05) is 49.5 Å². The van der Waals surface area contributed by atoms with Crippen molar-refractivity contribution in [3.8, 4) is 11.1 Å². The molecule has 0 saturated carbocycles. The van der Waals surface area contributed by atoms with E-state index in [1.54, 1.807) is 6.20 Å². The molecule has 2 saturated heterocycles. The highest BCUT2D eigenvalue weighted by molar-refractivity contribution is 6.12. The predicted molar refractivity (Wildman–Crippen MR) is 175 cm³/mol. The van der Waals surface area contributed by atoms with Crippen molar-refractivity contribution in [2.24, 2.45) is 0 Å². The van der Waals surface area contributed by atoms with Gasteiger partial charge in [-0.3, -0.25) is 19.4 Å². The maximum atomic E-state index is 13.9. The highest BCUT2D eigenvalue weighted by Gasteiger charge is 2.40. The molecular formula is C34H41F2N7O3. The van der Waals surface area contributed by atoms with Crippen molar-refractivity contribution in [2.45, 2.75) is 25.3 Å². The number of hydrogen-bond acceptors (Lipinski definition) is 7. The van der Waals surface area contributed by atoms with Gasteiger partial charge in [-0.1, -0.05) is 30.8 Å². The van der Waals surface area contributed by atoms with E-state index in [0.717, 1.165) is 67.4 Å². The number of nitrogens with one attached hydrogen (secondary N) is 3. The number of amides is 3. The first-order valence-corrected chi connectivity index (χ1v) is 15.6. The lowest BCUT2D eigenvalue weighted by Crippen LogP contribution is -2.44. The molecule has 3 heterocycles. The second-order valence-electron chi connectivity index (χ2n) is 11.8. The van der Waals surface area contributed by atoms with Crippen LogP contribution in [0, 0.1) is 0 Å². The van der Waals surface area contributed by atoms with Crippen molar-refractivity contribution >= 4 is 34.3 Å². The van der Waals surface area contributed by atoms with Crippen LogP contribution in [0.25, 0.3) is 22.0 Å². The molecular weight excluding hydrogens is 592 g/mol. The quantitative estimate of drug-likeness (QED) is 0.263. The number of anilines is 1. The molecule has 0 spiro atoms. The number of fused-ring (bicyclic) bond motifs is 1. The van der Waals surface area contributed by atoms with E-state index >= 15 is 0 Å². The van der Waals surface area contributed by atoms with Gasteiger partial charge in [-0.25, -0.2) is 8.78 Å². The van der Waals surface area contributed by atoms with Crippen LogP contribution in [0.3, 0.4) is 0 Å². The van der Waals surface area contributed by atoms with E-state index < -0.39 is 30.8 Å². The second-order valence-corrected chi connectivity index (χ2v) is 11.8. The average molecular weight is 634 g/mol. The third-order valence-corrected chi connectivity index (χ3v) is 8.54. The van der Waals surface area contributed by atoms with Gasteiger partial charge in [-0.2, -0.15) is 0 Å². The molecule has 5 rings (SSSR count). The molecule has 3 N–H and O–H groups in total. The minimum absolute atomic E-state index is 0.0465. The Morgan fingerprint density at radius 1 is 1.09 bits per heavy atom. The summed E-state index contributed by atoms with van der Waals surface area (Å²) in [6, 6.07) is 13.2. The molecule has 1 aromatic heterocycles. The van der Waals surface area contributed by atoms with Gasteiger partial charge in [-0.05, 0) is 48.4 Å². The third-order valence-electron chi connectivity index (χ3n) is 8.54. The molecule has 2 aliphatic heterocycles. The van der Waals surface area contributed by atoms with E-state index in [2.05, 4.69) is 37.3 Å². The number of likely N-dealkylation sites (tertiary alicyclic amines) is 1. The standard InChI is InChI=1S/C34H41F2N7O3/c1-3-30(44)39-20-24-5-7-25(8-6-24)28-21-38-29-10-9-26(41(2)14-4-15-42-17-12-37-13-18-42)19-27(29)32(28)33(46)40-22-31(45)43-16-11-34(35,36)23-43/h3,5-10,19,21,37H,1,4,11-18,20,22-23H2,2H3,(H,39,44)(H,40,46). The summed E-state index contributed by atoms with van der Waals surface area (Å²) in [7, 11) is 2.02. The van der Waals surface area contributed by atoms with Gasteiger partial charge in [0.1, 0.15) is 0 Å². The maximum absolute atomic E-state index is 13.9. The second kappa shape index (κ2) is 14.8. The molecule has 2 fully saturated rings. The molecule has 3 amide bonds. The van der Waals surface area contributed by atoms with Crippen molar-refractivity contribution in [1.29, 1.82) is 0 Å². The number of piperazine rings is 1. The Morgan fingerprint density at radius 2 is 1.85 bits per heavy atom. The Balaban J connectivity index is 1.40. The van der Waals surface area contributed by atoms with Gasteiger partial charge in [0.15, 0.2) is 0 Å². The number of carbonyl (C=O) groups excluding carboxylic acids is 3. The van der Waals surface area contributed by atoms with E-state index in [-0.39, 0.29) is 18.9 Å². The first kappa shape index (κ1) is 33.0. The highest BCUT2D eigenvalue weighted by atomic mass is 19.3. The predicted octanol–water partition coefficient (Wildman–Crippen LogP) is 3.03. The van der Waals surface area contributed by atoms with Gasteiger partial charge < -0.3 is 30.7 Å². The molecule has 3 aromatic rings. The van der Waals surface area contributed by atoms with E-state index in [9.17, 15) is 23.2 Å². The van der Waals surface area contributed by atoms with Crippen LogP contribution in [0.15, 0.2) is 61.3 Å². The highest BCUT2D eigenvalue weighted by Crippen LogP contribution is 2.32. The smallest absolute Gasteiger partial charge is 0.267 e. The van der Waals surface area contributed by atoms with Gasteiger partial charge in [0.25, 0.3) is 11.8 Å². The SMILES string of the molecule is C=CC(=O)NCc1ccc(-c2cnc3ccc(N(C)CCCN4CCNCC4)cc3c2C(=O)NCC(=O)N2CCC(F)(F)C2)cc1. The number of aromatic nitrogens is 1. The normalized spacial score (nSPS) is 16.3. The zero-order valence-corrected chi connectivity index (χ0v) is 26.2. The maximum Gasteiger partial charge on any atom is 0.267 e. The van der Waals surface area contributed by atoms with Crippen LogP contribution in [0.2, 0.25) is 0 Å². The summed E-state index contributed by atoms with van der Waals surface area (Å²) >= 11 is 0. The Morgan fingerprint density at radius 3 is 2.54 bits per heavy atom. The molecule has 0 unspecified atom stereocenters. The van der Waals surface area contributed by atoms with Crippen LogP contribution in [-0.2, 0) is 16.1 Å². The van der Waals surface area contributed by atoms with Gasteiger partial charge in [0.05, 0.1) is 24.2 Å². The number of rotatable bonds is 12. The summed E-state index contributed by atoms with van der Waals surface area (Å²) in [4.78, 5) is 48.5. The average Bonchev–Trinajstić information content (AvgIpc) is 3.45. The first-order chi connectivity index (χ1) is 22.1. The fourth-order valence-electron chi connectivity index (χ4n) is 5.85. The molecule has 0 radical (unpaired) electrons. The summed E-state index contributed by atoms with van der Waals surface area (Å²) < 4.78 is 27.4. The van der Waals surface area contributed by atoms with E-state index in [0.29, 0.717) is 28.6 Å².